The van der Waals surface area contributed by atoms with Crippen LogP contribution >= 0.6 is 0 Å². The molecule has 1 N–H and O–H groups in total. The van der Waals surface area contributed by atoms with Crippen LogP contribution in [0.25, 0.3) is 0 Å². The summed E-state index contributed by atoms with van der Waals surface area (Å²) in [5.74, 6) is -0.0498. The number of amides is 1. The molecule has 1 amide bonds. The largest absolute Gasteiger partial charge is 0.326 e. The smallest absolute Gasteiger partial charge is 0.221 e. The van der Waals surface area contributed by atoms with E-state index < -0.39 is 0 Å². The van der Waals surface area contributed by atoms with Gasteiger partial charge in [-0.25, -0.2) is 0 Å². The van der Waals surface area contributed by atoms with Crippen LogP contribution in [0.5, 0.6) is 0 Å². The van der Waals surface area contributed by atoms with E-state index in [1.165, 1.54) is 6.92 Å². The fourth-order valence-electron chi connectivity index (χ4n) is 0.673. The molecule has 0 heterocycles. The third-order valence-corrected chi connectivity index (χ3v) is 1.04. The molecular weight excluding hydrogens is 185 g/mol. The van der Waals surface area contributed by atoms with Gasteiger partial charge in [-0.05, 0) is 18.2 Å². The summed E-state index contributed by atoms with van der Waals surface area (Å²) in [5, 5.41) is 2.65. The van der Waals surface area contributed by atoms with Crippen LogP contribution in [0.1, 0.15) is 6.92 Å². The Balaban J connectivity index is 0.000001000. The van der Waals surface area contributed by atoms with Crippen LogP contribution in [0.3, 0.4) is 0 Å². The zero-order chi connectivity index (χ0) is 7.40. The second kappa shape index (κ2) is 4.93. The first-order chi connectivity index (χ1) is 4.79. The fraction of sp³-hybridized carbons (Fsp3) is 0.125. The molecule has 1 aromatic rings. The van der Waals surface area contributed by atoms with E-state index in [1.807, 2.05) is 0 Å². The molecule has 1 aromatic carbocycles. The van der Waals surface area contributed by atoms with E-state index in [0.29, 0.717) is 0 Å². The van der Waals surface area contributed by atoms with Crippen molar-refractivity contribution < 1.29 is 21.6 Å². The third kappa shape index (κ3) is 3.80. The van der Waals surface area contributed by atoms with E-state index in [9.17, 15) is 4.79 Å². The molecule has 1 rings (SSSR count). The first-order valence-corrected chi connectivity index (χ1v) is 3.03. The Hall–Kier alpha value is -0.804. The van der Waals surface area contributed by atoms with E-state index in [4.69, 9.17) is 0 Å². The number of carbonyl (C=O) groups is 1. The van der Waals surface area contributed by atoms with Crippen LogP contribution in [0, 0.1) is 6.07 Å². The van der Waals surface area contributed by atoms with Gasteiger partial charge in [0.15, 0.2) is 0 Å². The molecule has 0 saturated heterocycles. The number of hydrogen-bond acceptors (Lipinski definition) is 1. The van der Waals surface area contributed by atoms with Crippen LogP contribution in [0.4, 0.5) is 5.69 Å². The van der Waals surface area contributed by atoms with Gasteiger partial charge in [-0.1, -0.05) is 12.1 Å². The van der Waals surface area contributed by atoms with E-state index in [2.05, 4.69) is 11.4 Å². The minimum Gasteiger partial charge on any atom is -0.326 e. The van der Waals surface area contributed by atoms with Gasteiger partial charge in [0.1, 0.15) is 0 Å². The Morgan fingerprint density at radius 3 is 2.45 bits per heavy atom. The van der Waals surface area contributed by atoms with Crippen LogP contribution < -0.4 is 5.32 Å². The second-order valence-electron chi connectivity index (χ2n) is 1.97. The predicted molar refractivity (Wildman–Crippen MR) is 39.6 cm³/mol. The van der Waals surface area contributed by atoms with Crippen molar-refractivity contribution in [1.82, 2.24) is 0 Å². The standard InChI is InChI=1S/C8H8NO.Co/c1-7(10)9-8-5-3-2-4-6-8;/h3-6H,1H3,(H,9,10);. The molecule has 3 heteroatoms. The maximum Gasteiger partial charge on any atom is 0.221 e. The van der Waals surface area contributed by atoms with Crippen molar-refractivity contribution in [3.05, 3.63) is 30.3 Å². The summed E-state index contributed by atoms with van der Waals surface area (Å²) in [5.41, 5.74) is 0.811. The summed E-state index contributed by atoms with van der Waals surface area (Å²) in [4.78, 5) is 10.5. The van der Waals surface area contributed by atoms with Crippen molar-refractivity contribution >= 4 is 11.6 Å². The summed E-state index contributed by atoms with van der Waals surface area (Å²) in [6.45, 7) is 1.48. The van der Waals surface area contributed by atoms with Crippen molar-refractivity contribution in [1.29, 1.82) is 0 Å². The number of benzene rings is 1. The van der Waals surface area contributed by atoms with Crippen molar-refractivity contribution in [3.63, 3.8) is 0 Å². The zero-order valence-electron chi connectivity index (χ0n) is 6.05. The fourth-order valence-corrected chi connectivity index (χ4v) is 0.673. The summed E-state index contributed by atoms with van der Waals surface area (Å²) < 4.78 is 0. The zero-order valence-corrected chi connectivity index (χ0v) is 7.09. The minimum atomic E-state index is -0.0498. The molecule has 2 nitrogen and oxygen atoms in total. The topological polar surface area (TPSA) is 29.1 Å². The Morgan fingerprint density at radius 1 is 1.45 bits per heavy atom. The van der Waals surface area contributed by atoms with Gasteiger partial charge in [-0.2, -0.15) is 0 Å². The molecule has 0 aliphatic rings. The number of hydrogen-bond donors (Lipinski definition) is 1. The van der Waals surface area contributed by atoms with Gasteiger partial charge in [0.2, 0.25) is 5.91 Å². The molecule has 0 aromatic heterocycles. The van der Waals surface area contributed by atoms with Gasteiger partial charge in [0, 0.05) is 29.4 Å². The van der Waals surface area contributed by atoms with Crippen molar-refractivity contribution in [2.75, 3.05) is 5.32 Å². The van der Waals surface area contributed by atoms with Gasteiger partial charge in [0.05, 0.1) is 0 Å². The maximum atomic E-state index is 10.5. The first kappa shape index (κ1) is 10.2. The van der Waals surface area contributed by atoms with E-state index in [-0.39, 0.29) is 22.7 Å². The van der Waals surface area contributed by atoms with Crippen molar-refractivity contribution in [2.45, 2.75) is 6.92 Å². The van der Waals surface area contributed by atoms with Crippen LogP contribution in [-0.4, -0.2) is 5.91 Å². The average Bonchev–Trinajstić information content (AvgIpc) is 1.88. The third-order valence-electron chi connectivity index (χ3n) is 1.04. The molecule has 2 radical (unpaired) electrons. The van der Waals surface area contributed by atoms with Gasteiger partial charge in [-0.15, -0.1) is 0 Å². The van der Waals surface area contributed by atoms with Crippen LogP contribution in [0.15, 0.2) is 24.3 Å². The normalized spacial score (nSPS) is 8.09. The number of nitrogens with one attached hydrogen (secondary N) is 1. The molecule has 0 saturated carbocycles. The minimum absolute atomic E-state index is 0. The predicted octanol–water partition coefficient (Wildman–Crippen LogP) is 1.44. The van der Waals surface area contributed by atoms with Gasteiger partial charge in [0.25, 0.3) is 0 Å². The van der Waals surface area contributed by atoms with E-state index in [1.54, 1.807) is 24.3 Å². The van der Waals surface area contributed by atoms with Crippen molar-refractivity contribution in [2.24, 2.45) is 0 Å². The molecular formula is C8H8CoNO. The Morgan fingerprint density at radius 2 is 2.00 bits per heavy atom. The molecule has 0 fully saturated rings. The van der Waals surface area contributed by atoms with Gasteiger partial charge in [-0.3, -0.25) is 4.79 Å². The number of carbonyl (C=O) groups excluding carboxylic acids is 1. The van der Waals surface area contributed by atoms with Crippen molar-refractivity contribution in [3.8, 4) is 0 Å². The Labute approximate surface area is 76.2 Å². The SMILES string of the molecule is CC(=O)Nc1cc[c]cc1.[Co]. The van der Waals surface area contributed by atoms with E-state index in [0.717, 1.165) is 5.69 Å². The van der Waals surface area contributed by atoms with Gasteiger partial charge >= 0.3 is 0 Å². The van der Waals surface area contributed by atoms with E-state index >= 15 is 0 Å². The summed E-state index contributed by atoms with van der Waals surface area (Å²) in [6, 6.07) is 9.95. The summed E-state index contributed by atoms with van der Waals surface area (Å²) in [7, 11) is 0. The molecule has 0 unspecified atom stereocenters. The average molecular weight is 193 g/mol. The quantitative estimate of drug-likeness (QED) is 0.718. The summed E-state index contributed by atoms with van der Waals surface area (Å²) in [6.07, 6.45) is 0. The number of rotatable bonds is 1. The van der Waals surface area contributed by atoms with Gasteiger partial charge < -0.3 is 5.32 Å². The molecule has 0 aliphatic carbocycles. The number of anilines is 1. The monoisotopic (exact) mass is 193 g/mol. The van der Waals surface area contributed by atoms with Crippen LogP contribution in [-0.2, 0) is 21.6 Å². The summed E-state index contributed by atoms with van der Waals surface area (Å²) >= 11 is 0. The molecule has 0 atom stereocenters. The maximum absolute atomic E-state index is 10.5. The second-order valence-corrected chi connectivity index (χ2v) is 1.97. The molecule has 0 bridgehead atoms. The molecule has 60 valence electrons. The van der Waals surface area contributed by atoms with Crippen LogP contribution in [0.2, 0.25) is 0 Å². The molecule has 0 spiro atoms. The first-order valence-electron chi connectivity index (χ1n) is 3.03. The molecule has 11 heavy (non-hydrogen) atoms. The Kier molecular flexibility index (Phi) is 4.57. The molecule has 0 aliphatic heterocycles. The Bertz CT molecular complexity index is 223.